The van der Waals surface area contributed by atoms with Gasteiger partial charge in [-0.25, -0.2) is 0 Å². The summed E-state index contributed by atoms with van der Waals surface area (Å²) in [4.78, 5) is 0. The van der Waals surface area contributed by atoms with Gasteiger partial charge in [0.25, 0.3) is 0 Å². The zero-order chi connectivity index (χ0) is 10.4. The predicted molar refractivity (Wildman–Crippen MR) is 63.5 cm³/mol. The Balaban J connectivity index is 2.24. The number of halogens is 2. The lowest BCUT2D eigenvalue weighted by atomic mass is 10.1. The lowest BCUT2D eigenvalue weighted by Crippen LogP contribution is -1.80. The van der Waals surface area contributed by atoms with Crippen molar-refractivity contribution in [3.8, 4) is 11.1 Å². The average molecular weight is 234 g/mol. The van der Waals surface area contributed by atoms with Crippen molar-refractivity contribution in [3.05, 3.63) is 57.6 Å². The second-order valence-electron chi connectivity index (χ2n) is 3.68. The monoisotopic (exact) mass is 233 g/mol. The van der Waals surface area contributed by atoms with Crippen LogP contribution in [0.5, 0.6) is 0 Å². The van der Waals surface area contributed by atoms with E-state index in [0.29, 0.717) is 5.02 Å². The van der Waals surface area contributed by atoms with E-state index in [1.807, 2.05) is 24.3 Å². The van der Waals surface area contributed by atoms with Gasteiger partial charge in [0.05, 0.1) is 0 Å². The van der Waals surface area contributed by atoms with Crippen LogP contribution in [0.25, 0.3) is 11.1 Å². The normalized spacial score (nSPS) is 12.4. The van der Waals surface area contributed by atoms with E-state index in [9.17, 15) is 0 Å². The third kappa shape index (κ3) is 1.45. The molecule has 0 heterocycles. The van der Waals surface area contributed by atoms with Crippen molar-refractivity contribution in [2.24, 2.45) is 0 Å². The van der Waals surface area contributed by atoms with Gasteiger partial charge < -0.3 is 0 Å². The molecule has 0 unspecified atom stereocenters. The highest BCUT2D eigenvalue weighted by atomic mass is 35.5. The van der Waals surface area contributed by atoms with Crippen LogP contribution in [-0.2, 0) is 6.42 Å². The van der Waals surface area contributed by atoms with Gasteiger partial charge in [0.1, 0.15) is 0 Å². The molecule has 1 radical (unpaired) electrons. The van der Waals surface area contributed by atoms with Crippen LogP contribution in [0.15, 0.2) is 30.3 Å². The van der Waals surface area contributed by atoms with E-state index in [4.69, 9.17) is 23.2 Å². The minimum atomic E-state index is 0.674. The van der Waals surface area contributed by atoms with Gasteiger partial charge in [-0.2, -0.15) is 0 Å². The first-order valence-corrected chi connectivity index (χ1v) is 5.49. The van der Waals surface area contributed by atoms with Crippen molar-refractivity contribution in [2.45, 2.75) is 6.42 Å². The number of fused-ring (bicyclic) bond motifs is 3. The number of rotatable bonds is 0. The maximum atomic E-state index is 5.96. The van der Waals surface area contributed by atoms with E-state index in [1.54, 1.807) is 0 Å². The minimum Gasteiger partial charge on any atom is -0.0843 e. The summed E-state index contributed by atoms with van der Waals surface area (Å²) in [7, 11) is 0. The van der Waals surface area contributed by atoms with E-state index in [-0.39, 0.29) is 0 Å². The SMILES string of the molecule is Clc1[c]c2c(cc1)-c1ccc(Cl)cc1C2. The molecule has 0 aliphatic heterocycles. The molecule has 2 aromatic rings. The molecule has 0 saturated carbocycles. The van der Waals surface area contributed by atoms with Gasteiger partial charge in [0.15, 0.2) is 0 Å². The Morgan fingerprint density at radius 2 is 1.80 bits per heavy atom. The summed E-state index contributed by atoms with van der Waals surface area (Å²) in [6.07, 6.45) is 0.881. The first-order valence-electron chi connectivity index (χ1n) is 4.73. The lowest BCUT2D eigenvalue weighted by molar-refractivity contribution is 1.26. The largest absolute Gasteiger partial charge is 0.0843 e. The van der Waals surface area contributed by atoms with E-state index in [0.717, 1.165) is 11.4 Å². The number of hydrogen-bond donors (Lipinski definition) is 0. The predicted octanol–water partition coefficient (Wildman–Crippen LogP) is 4.36. The Morgan fingerprint density at radius 3 is 2.67 bits per heavy atom. The molecule has 0 bridgehead atoms. The summed E-state index contributed by atoms with van der Waals surface area (Å²) in [5.41, 5.74) is 4.91. The topological polar surface area (TPSA) is 0 Å². The van der Waals surface area contributed by atoms with Crippen LogP contribution < -0.4 is 0 Å². The summed E-state index contributed by atoms with van der Waals surface area (Å²) in [5.74, 6) is 0. The highest BCUT2D eigenvalue weighted by Crippen LogP contribution is 2.38. The van der Waals surface area contributed by atoms with Gasteiger partial charge in [-0.3, -0.25) is 0 Å². The van der Waals surface area contributed by atoms with Crippen LogP contribution >= 0.6 is 23.2 Å². The second kappa shape index (κ2) is 3.26. The molecule has 0 aromatic heterocycles. The molecule has 2 aromatic carbocycles. The molecule has 0 amide bonds. The zero-order valence-corrected chi connectivity index (χ0v) is 9.36. The summed E-state index contributed by atoms with van der Waals surface area (Å²) in [5, 5.41) is 1.46. The Bertz CT molecular complexity index is 495. The van der Waals surface area contributed by atoms with Crippen LogP contribution in [0.4, 0.5) is 0 Å². The van der Waals surface area contributed by atoms with Crippen molar-refractivity contribution >= 4 is 23.2 Å². The second-order valence-corrected chi connectivity index (χ2v) is 4.52. The Morgan fingerprint density at radius 1 is 1.00 bits per heavy atom. The smallest absolute Gasteiger partial charge is 0.0488 e. The Hall–Kier alpha value is -0.980. The maximum Gasteiger partial charge on any atom is 0.0488 e. The fraction of sp³-hybridized carbons (Fsp3) is 0.0769. The molecule has 0 saturated heterocycles. The molecule has 0 N–H and O–H groups in total. The molecule has 3 rings (SSSR count). The van der Waals surface area contributed by atoms with Crippen molar-refractivity contribution in [1.29, 1.82) is 0 Å². The molecule has 0 atom stereocenters. The average Bonchev–Trinajstić information content (AvgIpc) is 2.53. The van der Waals surface area contributed by atoms with Gasteiger partial charge in [-0.05, 0) is 46.9 Å². The molecule has 1 aliphatic rings. The van der Waals surface area contributed by atoms with Crippen molar-refractivity contribution in [2.75, 3.05) is 0 Å². The quantitative estimate of drug-likeness (QED) is 0.542. The van der Waals surface area contributed by atoms with E-state index >= 15 is 0 Å². The third-order valence-corrected chi connectivity index (χ3v) is 3.17. The van der Waals surface area contributed by atoms with Crippen LogP contribution in [-0.4, -0.2) is 0 Å². The fourth-order valence-electron chi connectivity index (χ4n) is 2.06. The standard InChI is InChI=1S/C13H7Cl2/c14-10-1-3-12-8(6-10)5-9-7-11(15)2-4-13(9)12/h1-4,6H,5H2. The van der Waals surface area contributed by atoms with E-state index < -0.39 is 0 Å². The van der Waals surface area contributed by atoms with Crippen molar-refractivity contribution in [1.82, 2.24) is 0 Å². The van der Waals surface area contributed by atoms with Crippen LogP contribution in [0.1, 0.15) is 11.1 Å². The fourth-order valence-corrected chi connectivity index (χ4v) is 2.44. The van der Waals surface area contributed by atoms with Crippen molar-refractivity contribution in [3.63, 3.8) is 0 Å². The minimum absolute atomic E-state index is 0.674. The number of benzene rings is 2. The maximum absolute atomic E-state index is 5.96. The summed E-state index contributed by atoms with van der Waals surface area (Å²) in [6.45, 7) is 0. The third-order valence-electron chi connectivity index (χ3n) is 2.72. The van der Waals surface area contributed by atoms with E-state index in [2.05, 4.69) is 12.1 Å². The van der Waals surface area contributed by atoms with Gasteiger partial charge in [-0.15, -0.1) is 0 Å². The molecule has 1 aliphatic carbocycles. The van der Waals surface area contributed by atoms with Gasteiger partial charge in [0.2, 0.25) is 0 Å². The molecule has 73 valence electrons. The van der Waals surface area contributed by atoms with Gasteiger partial charge in [0, 0.05) is 16.1 Å². The first-order chi connectivity index (χ1) is 7.24. The van der Waals surface area contributed by atoms with Gasteiger partial charge >= 0.3 is 0 Å². The Labute approximate surface area is 98.5 Å². The molecule has 0 spiro atoms. The molecule has 0 nitrogen and oxygen atoms in total. The summed E-state index contributed by atoms with van der Waals surface area (Å²) < 4.78 is 0. The number of hydrogen-bond acceptors (Lipinski definition) is 0. The highest BCUT2D eigenvalue weighted by molar-refractivity contribution is 6.31. The Kier molecular flexibility index (Phi) is 2.01. The highest BCUT2D eigenvalue weighted by Gasteiger charge is 2.18. The molecule has 0 fully saturated rings. The van der Waals surface area contributed by atoms with E-state index in [1.165, 1.54) is 22.3 Å². The van der Waals surface area contributed by atoms with Gasteiger partial charge in [-0.1, -0.05) is 35.3 Å². The van der Waals surface area contributed by atoms with Crippen LogP contribution in [0.2, 0.25) is 10.0 Å². The van der Waals surface area contributed by atoms with Crippen molar-refractivity contribution < 1.29 is 0 Å². The summed E-state index contributed by atoms with van der Waals surface area (Å²) >= 11 is 11.9. The van der Waals surface area contributed by atoms with Crippen LogP contribution in [0.3, 0.4) is 0 Å². The molecular formula is C13H7Cl2. The van der Waals surface area contributed by atoms with Crippen LogP contribution in [0, 0.1) is 6.07 Å². The summed E-state index contributed by atoms with van der Waals surface area (Å²) in [6, 6.07) is 13.1. The molecular weight excluding hydrogens is 227 g/mol. The lowest BCUT2D eigenvalue weighted by Gasteiger charge is -2.00. The zero-order valence-electron chi connectivity index (χ0n) is 7.85. The first kappa shape index (κ1) is 9.26. The molecule has 15 heavy (non-hydrogen) atoms. The molecule has 2 heteroatoms.